The third kappa shape index (κ3) is 4.10. The van der Waals surface area contributed by atoms with Gasteiger partial charge in [0.05, 0.1) is 12.0 Å². The van der Waals surface area contributed by atoms with Gasteiger partial charge in [-0.25, -0.2) is 9.78 Å². The van der Waals surface area contributed by atoms with Gasteiger partial charge in [0.2, 0.25) is 6.79 Å². The van der Waals surface area contributed by atoms with Crippen LogP contribution in [0.3, 0.4) is 0 Å². The molecule has 0 saturated heterocycles. The van der Waals surface area contributed by atoms with E-state index in [0.29, 0.717) is 29.3 Å². The minimum absolute atomic E-state index is 0.00822. The fourth-order valence-electron chi connectivity index (χ4n) is 4.09. The van der Waals surface area contributed by atoms with Crippen LogP contribution >= 0.6 is 0 Å². The highest BCUT2D eigenvalue weighted by Gasteiger charge is 2.22. The number of aromatic nitrogens is 3. The second-order valence-electron chi connectivity index (χ2n) is 8.67. The van der Waals surface area contributed by atoms with Crippen molar-refractivity contribution in [3.63, 3.8) is 0 Å². The first-order valence-corrected chi connectivity index (χ1v) is 11.6. The Balaban J connectivity index is 1.83. The van der Waals surface area contributed by atoms with Crippen molar-refractivity contribution in [3.8, 4) is 11.5 Å². The van der Waals surface area contributed by atoms with Crippen molar-refractivity contribution in [2.45, 2.75) is 27.3 Å². The number of ether oxygens (including phenoxy) is 3. The minimum atomic E-state index is -0.688. The molecule has 0 spiro atoms. The lowest BCUT2D eigenvalue weighted by atomic mass is 10.1. The normalized spacial score (nSPS) is 13.1. The number of fused-ring (bicyclic) bond motifs is 3. The number of benzene rings is 1. The van der Waals surface area contributed by atoms with Gasteiger partial charge in [0.1, 0.15) is 16.9 Å². The quantitative estimate of drug-likeness (QED) is 0.313. The van der Waals surface area contributed by atoms with Gasteiger partial charge >= 0.3 is 5.97 Å². The lowest BCUT2D eigenvalue weighted by molar-refractivity contribution is 0.0523. The first kappa shape index (κ1) is 23.3. The van der Waals surface area contributed by atoms with Crippen LogP contribution in [0.15, 0.2) is 58.4 Å². The molecule has 5 rings (SSSR count). The molecule has 1 amide bonds. The van der Waals surface area contributed by atoms with Crippen molar-refractivity contribution in [2.24, 2.45) is 10.9 Å². The van der Waals surface area contributed by atoms with Gasteiger partial charge in [0.25, 0.3) is 11.5 Å². The standard InChI is InChI=1S/C26H24N4O6/c1-4-34-26(33)18-12-17-22(27-21-7-5-6-10-29(21)25(17)32)30(13-15(2)3)23(18)28-24(31)16-8-9-19-20(11-16)36-14-35-19/h5-12,15H,4,13-14H2,1-3H3. The zero-order valence-electron chi connectivity index (χ0n) is 20.1. The third-order valence-corrected chi connectivity index (χ3v) is 5.66. The number of nitrogens with zero attached hydrogens (tertiary/aromatic N) is 4. The van der Waals surface area contributed by atoms with E-state index in [4.69, 9.17) is 19.2 Å². The number of pyridine rings is 2. The van der Waals surface area contributed by atoms with E-state index in [1.165, 1.54) is 10.5 Å². The Kier molecular flexibility index (Phi) is 6.01. The summed E-state index contributed by atoms with van der Waals surface area (Å²) < 4.78 is 19.0. The lowest BCUT2D eigenvalue weighted by Crippen LogP contribution is -2.33. The van der Waals surface area contributed by atoms with Crippen LogP contribution in [0.4, 0.5) is 0 Å². The predicted octanol–water partition coefficient (Wildman–Crippen LogP) is 2.95. The fourth-order valence-corrected chi connectivity index (χ4v) is 4.09. The second kappa shape index (κ2) is 9.29. The molecule has 10 nitrogen and oxygen atoms in total. The Bertz CT molecular complexity index is 1650. The zero-order valence-corrected chi connectivity index (χ0v) is 20.1. The van der Waals surface area contributed by atoms with Crippen LogP contribution in [0.5, 0.6) is 11.5 Å². The van der Waals surface area contributed by atoms with Crippen LogP contribution in [0.1, 0.15) is 41.5 Å². The average Bonchev–Trinajstić information content (AvgIpc) is 3.33. The third-order valence-electron chi connectivity index (χ3n) is 5.66. The summed E-state index contributed by atoms with van der Waals surface area (Å²) in [5.41, 5.74) is 0.761. The second-order valence-corrected chi connectivity index (χ2v) is 8.67. The monoisotopic (exact) mass is 488 g/mol. The summed E-state index contributed by atoms with van der Waals surface area (Å²) in [4.78, 5) is 48.7. The zero-order chi connectivity index (χ0) is 25.4. The first-order chi connectivity index (χ1) is 17.4. The number of carbonyl (C=O) groups excluding carboxylic acids is 2. The van der Waals surface area contributed by atoms with E-state index in [2.05, 4.69) is 4.99 Å². The van der Waals surface area contributed by atoms with Crippen molar-refractivity contribution in [1.29, 1.82) is 0 Å². The number of rotatable bonds is 5. The highest BCUT2D eigenvalue weighted by molar-refractivity contribution is 5.97. The van der Waals surface area contributed by atoms with E-state index in [1.807, 2.05) is 13.8 Å². The Labute approximate surface area is 205 Å². The van der Waals surface area contributed by atoms with Gasteiger partial charge in [-0.1, -0.05) is 19.9 Å². The molecule has 0 N–H and O–H groups in total. The smallest absolute Gasteiger partial charge is 0.341 e. The maximum absolute atomic E-state index is 13.4. The van der Waals surface area contributed by atoms with E-state index in [0.717, 1.165) is 0 Å². The van der Waals surface area contributed by atoms with Crippen LogP contribution in [-0.2, 0) is 11.3 Å². The summed E-state index contributed by atoms with van der Waals surface area (Å²) in [6, 6.07) is 11.4. The van der Waals surface area contributed by atoms with Crippen molar-refractivity contribution < 1.29 is 23.8 Å². The van der Waals surface area contributed by atoms with Crippen molar-refractivity contribution in [2.75, 3.05) is 13.4 Å². The SMILES string of the molecule is CCOC(=O)c1cc2c(=O)n3ccccc3nc2n(CC(C)C)c1=NC(=O)c1ccc2c(c1)OCO2. The van der Waals surface area contributed by atoms with Crippen LogP contribution in [0, 0.1) is 5.92 Å². The van der Waals surface area contributed by atoms with Crippen molar-refractivity contribution in [1.82, 2.24) is 14.0 Å². The van der Waals surface area contributed by atoms with Crippen LogP contribution < -0.4 is 20.5 Å². The van der Waals surface area contributed by atoms with Gasteiger partial charge < -0.3 is 18.8 Å². The van der Waals surface area contributed by atoms with Gasteiger partial charge in [-0.2, -0.15) is 4.99 Å². The molecule has 1 aliphatic rings. The molecule has 184 valence electrons. The van der Waals surface area contributed by atoms with E-state index in [-0.39, 0.29) is 46.9 Å². The molecule has 10 heteroatoms. The van der Waals surface area contributed by atoms with Crippen molar-refractivity contribution in [3.05, 3.63) is 75.6 Å². The Hall–Kier alpha value is -4.47. The van der Waals surface area contributed by atoms with Crippen LogP contribution in [0.2, 0.25) is 0 Å². The molecular weight excluding hydrogens is 464 g/mol. The summed E-state index contributed by atoms with van der Waals surface area (Å²) in [5.74, 6) is -0.214. The molecule has 0 aliphatic carbocycles. The maximum Gasteiger partial charge on any atom is 0.341 e. The molecule has 0 radical (unpaired) electrons. The summed E-state index contributed by atoms with van der Waals surface area (Å²) in [5, 5.41) is 0.219. The molecule has 0 bridgehead atoms. The average molecular weight is 489 g/mol. The molecule has 4 aromatic rings. The summed E-state index contributed by atoms with van der Waals surface area (Å²) in [7, 11) is 0. The molecule has 3 aromatic heterocycles. The highest BCUT2D eigenvalue weighted by Crippen LogP contribution is 2.32. The molecule has 0 saturated carbocycles. The van der Waals surface area contributed by atoms with Crippen LogP contribution in [-0.4, -0.2) is 39.2 Å². The maximum atomic E-state index is 13.4. The molecule has 1 aromatic carbocycles. The van der Waals surface area contributed by atoms with Gasteiger partial charge in [0, 0.05) is 18.3 Å². The Morgan fingerprint density at radius 2 is 1.94 bits per heavy atom. The lowest BCUT2D eigenvalue weighted by Gasteiger charge is -2.16. The summed E-state index contributed by atoms with van der Waals surface area (Å²) in [6.07, 6.45) is 1.61. The number of hydrogen-bond donors (Lipinski definition) is 0. The number of carbonyl (C=O) groups is 2. The van der Waals surface area contributed by atoms with Gasteiger partial charge in [-0.15, -0.1) is 0 Å². The molecule has 0 fully saturated rings. The first-order valence-electron chi connectivity index (χ1n) is 11.6. The van der Waals surface area contributed by atoms with E-state index in [1.54, 1.807) is 54.1 Å². The Morgan fingerprint density at radius 3 is 2.72 bits per heavy atom. The summed E-state index contributed by atoms with van der Waals surface area (Å²) >= 11 is 0. The minimum Gasteiger partial charge on any atom is -0.462 e. The Morgan fingerprint density at radius 1 is 1.14 bits per heavy atom. The highest BCUT2D eigenvalue weighted by atomic mass is 16.7. The largest absolute Gasteiger partial charge is 0.462 e. The van der Waals surface area contributed by atoms with Crippen molar-refractivity contribution >= 4 is 28.6 Å². The van der Waals surface area contributed by atoms with E-state index in [9.17, 15) is 14.4 Å². The molecule has 4 heterocycles. The van der Waals surface area contributed by atoms with Gasteiger partial charge in [0.15, 0.2) is 17.0 Å². The van der Waals surface area contributed by atoms with E-state index >= 15 is 0 Å². The molecule has 1 aliphatic heterocycles. The fraction of sp³-hybridized carbons (Fsp3) is 0.269. The number of hydrogen-bond acceptors (Lipinski definition) is 7. The van der Waals surface area contributed by atoms with Crippen LogP contribution in [0.25, 0.3) is 16.7 Å². The molecule has 0 unspecified atom stereocenters. The molecule has 0 atom stereocenters. The van der Waals surface area contributed by atoms with Gasteiger partial charge in [-0.05, 0) is 49.2 Å². The molecular formula is C26H24N4O6. The number of esters is 1. The molecule has 36 heavy (non-hydrogen) atoms. The summed E-state index contributed by atoms with van der Waals surface area (Å²) in [6.45, 7) is 6.18. The topological polar surface area (TPSA) is 113 Å². The van der Waals surface area contributed by atoms with Gasteiger partial charge in [-0.3, -0.25) is 14.0 Å². The number of amides is 1. The predicted molar refractivity (Wildman–Crippen MR) is 130 cm³/mol. The van der Waals surface area contributed by atoms with E-state index < -0.39 is 11.9 Å².